The summed E-state index contributed by atoms with van der Waals surface area (Å²) in [5, 5.41) is 5.70. The van der Waals surface area contributed by atoms with Crippen LogP contribution >= 0.6 is 11.3 Å². The predicted octanol–water partition coefficient (Wildman–Crippen LogP) is 2.55. The van der Waals surface area contributed by atoms with Crippen LogP contribution in [-0.4, -0.2) is 5.16 Å². The largest absolute Gasteiger partial charge is 0.394 e. The molecule has 0 saturated carbocycles. The number of hydrogen-bond donors (Lipinski definition) is 1. The fraction of sp³-hybridized carbons (Fsp3) is 0.222. The summed E-state index contributed by atoms with van der Waals surface area (Å²) in [5.41, 5.74) is 7.57. The van der Waals surface area contributed by atoms with Crippen LogP contribution in [0.3, 0.4) is 0 Å². The van der Waals surface area contributed by atoms with Gasteiger partial charge in [-0.3, -0.25) is 0 Å². The molecule has 0 aliphatic carbocycles. The Morgan fingerprint density at radius 1 is 1.62 bits per heavy atom. The number of nitrogens with zero attached hydrogens (tertiary/aromatic N) is 1. The number of anilines is 1. The van der Waals surface area contributed by atoms with Crippen molar-refractivity contribution in [1.29, 1.82) is 0 Å². The predicted molar refractivity (Wildman–Crippen MR) is 53.6 cm³/mol. The van der Waals surface area contributed by atoms with E-state index in [1.165, 1.54) is 11.8 Å². The van der Waals surface area contributed by atoms with Gasteiger partial charge >= 0.3 is 0 Å². The Labute approximate surface area is 80.2 Å². The average molecular weight is 194 g/mol. The van der Waals surface area contributed by atoms with Gasteiger partial charge in [0.25, 0.3) is 0 Å². The Hall–Kier alpha value is -1.29. The maximum absolute atomic E-state index is 5.71. The summed E-state index contributed by atoms with van der Waals surface area (Å²) in [6.07, 6.45) is 2.52. The Balaban J connectivity index is 2.52. The van der Waals surface area contributed by atoms with E-state index in [2.05, 4.69) is 18.1 Å². The molecule has 4 heteroatoms. The number of nitrogen functional groups attached to an aromatic ring is 1. The highest BCUT2D eigenvalue weighted by atomic mass is 32.1. The number of aryl methyl sites for hydroxylation is 1. The third-order valence-corrected chi connectivity index (χ3v) is 2.89. The van der Waals surface area contributed by atoms with E-state index in [1.807, 2.05) is 5.38 Å². The van der Waals surface area contributed by atoms with E-state index in [0.29, 0.717) is 11.4 Å². The van der Waals surface area contributed by atoms with Crippen molar-refractivity contribution in [1.82, 2.24) is 5.16 Å². The lowest BCUT2D eigenvalue weighted by Crippen LogP contribution is -1.85. The number of aromatic nitrogens is 1. The van der Waals surface area contributed by atoms with Gasteiger partial charge in [-0.05, 0) is 23.4 Å². The zero-order valence-electron chi connectivity index (χ0n) is 7.28. The molecule has 3 nitrogen and oxygen atoms in total. The molecular formula is C9H10N2OS. The second-order valence-electron chi connectivity index (χ2n) is 2.74. The normalized spacial score (nSPS) is 10.5. The molecule has 0 aliphatic rings. The Morgan fingerprint density at radius 2 is 2.46 bits per heavy atom. The second-order valence-corrected chi connectivity index (χ2v) is 3.65. The second kappa shape index (κ2) is 3.22. The molecule has 0 unspecified atom stereocenters. The number of rotatable bonds is 2. The van der Waals surface area contributed by atoms with E-state index in [1.54, 1.807) is 11.3 Å². The monoisotopic (exact) mass is 194 g/mol. The molecule has 2 N–H and O–H groups in total. The molecule has 2 aromatic heterocycles. The molecule has 2 rings (SSSR count). The van der Waals surface area contributed by atoms with E-state index >= 15 is 0 Å². The molecule has 0 atom stereocenters. The topological polar surface area (TPSA) is 52.0 Å². The number of nitrogens with two attached hydrogens (primary N) is 1. The van der Waals surface area contributed by atoms with Gasteiger partial charge in [-0.15, -0.1) is 11.3 Å². The number of hydrogen-bond acceptors (Lipinski definition) is 4. The molecule has 0 aliphatic heterocycles. The third kappa shape index (κ3) is 1.33. The highest BCUT2D eigenvalue weighted by molar-refractivity contribution is 7.13. The van der Waals surface area contributed by atoms with Crippen LogP contribution in [0.2, 0.25) is 0 Å². The first-order valence-electron chi connectivity index (χ1n) is 4.09. The first kappa shape index (κ1) is 8.31. The van der Waals surface area contributed by atoms with Crippen molar-refractivity contribution in [3.8, 4) is 10.6 Å². The van der Waals surface area contributed by atoms with Crippen LogP contribution in [0.25, 0.3) is 10.6 Å². The van der Waals surface area contributed by atoms with Gasteiger partial charge in [0.1, 0.15) is 5.69 Å². The van der Waals surface area contributed by atoms with Crippen molar-refractivity contribution in [2.24, 2.45) is 0 Å². The van der Waals surface area contributed by atoms with Gasteiger partial charge in [-0.2, -0.15) is 0 Å². The maximum Gasteiger partial charge on any atom is 0.199 e. The van der Waals surface area contributed by atoms with Gasteiger partial charge in [0.2, 0.25) is 0 Å². The zero-order valence-corrected chi connectivity index (χ0v) is 8.10. The van der Waals surface area contributed by atoms with E-state index < -0.39 is 0 Å². The average Bonchev–Trinajstić information content (AvgIpc) is 2.71. The first-order chi connectivity index (χ1) is 6.33. The number of thiophene rings is 1. The summed E-state index contributed by atoms with van der Waals surface area (Å²) in [6.45, 7) is 2.11. The minimum Gasteiger partial charge on any atom is -0.394 e. The SMILES string of the molecule is CCc1ccsc1-c1oncc1N. The molecule has 0 aromatic carbocycles. The van der Waals surface area contributed by atoms with Gasteiger partial charge in [-0.25, -0.2) is 0 Å². The molecule has 68 valence electrons. The summed E-state index contributed by atoms with van der Waals surface area (Å²) < 4.78 is 5.09. The quantitative estimate of drug-likeness (QED) is 0.799. The summed E-state index contributed by atoms with van der Waals surface area (Å²) in [7, 11) is 0. The summed E-state index contributed by atoms with van der Waals surface area (Å²) >= 11 is 1.63. The third-order valence-electron chi connectivity index (χ3n) is 1.93. The van der Waals surface area contributed by atoms with Crippen molar-refractivity contribution >= 4 is 17.0 Å². The highest BCUT2D eigenvalue weighted by Gasteiger charge is 2.12. The molecule has 2 heterocycles. The highest BCUT2D eigenvalue weighted by Crippen LogP contribution is 2.33. The van der Waals surface area contributed by atoms with Gasteiger partial charge in [-0.1, -0.05) is 12.1 Å². The summed E-state index contributed by atoms with van der Waals surface area (Å²) in [5.74, 6) is 0.701. The fourth-order valence-corrected chi connectivity index (χ4v) is 2.23. The molecule has 2 aromatic rings. The molecule has 0 radical (unpaired) electrons. The molecule has 0 amide bonds. The Kier molecular flexibility index (Phi) is 2.06. The molecule has 0 saturated heterocycles. The van der Waals surface area contributed by atoms with Gasteiger partial charge < -0.3 is 10.3 Å². The Bertz CT molecular complexity index is 405. The van der Waals surface area contributed by atoms with E-state index in [4.69, 9.17) is 10.3 Å². The van der Waals surface area contributed by atoms with E-state index in [-0.39, 0.29) is 0 Å². The smallest absolute Gasteiger partial charge is 0.199 e. The van der Waals surface area contributed by atoms with Crippen molar-refractivity contribution in [2.75, 3.05) is 5.73 Å². The minimum absolute atomic E-state index is 0.608. The molecular weight excluding hydrogens is 184 g/mol. The van der Waals surface area contributed by atoms with Crippen molar-refractivity contribution < 1.29 is 4.52 Å². The van der Waals surface area contributed by atoms with Crippen LogP contribution in [0.5, 0.6) is 0 Å². The van der Waals surface area contributed by atoms with Crippen LogP contribution in [0.15, 0.2) is 22.2 Å². The zero-order chi connectivity index (χ0) is 9.26. The molecule has 0 spiro atoms. The Morgan fingerprint density at radius 3 is 3.08 bits per heavy atom. The van der Waals surface area contributed by atoms with Gasteiger partial charge in [0.15, 0.2) is 5.76 Å². The van der Waals surface area contributed by atoms with E-state index in [9.17, 15) is 0 Å². The lowest BCUT2D eigenvalue weighted by Gasteiger charge is -1.96. The van der Waals surface area contributed by atoms with E-state index in [0.717, 1.165) is 11.3 Å². The maximum atomic E-state index is 5.71. The first-order valence-corrected chi connectivity index (χ1v) is 4.97. The summed E-state index contributed by atoms with van der Waals surface area (Å²) in [6, 6.07) is 2.09. The molecule has 13 heavy (non-hydrogen) atoms. The van der Waals surface area contributed by atoms with Crippen LogP contribution in [0.1, 0.15) is 12.5 Å². The van der Waals surface area contributed by atoms with Crippen LogP contribution in [0.4, 0.5) is 5.69 Å². The van der Waals surface area contributed by atoms with Crippen molar-refractivity contribution in [3.63, 3.8) is 0 Å². The van der Waals surface area contributed by atoms with Crippen LogP contribution in [0, 0.1) is 0 Å². The van der Waals surface area contributed by atoms with Gasteiger partial charge in [0.05, 0.1) is 11.1 Å². The molecule has 0 bridgehead atoms. The fourth-order valence-electron chi connectivity index (χ4n) is 1.23. The van der Waals surface area contributed by atoms with Crippen LogP contribution < -0.4 is 5.73 Å². The minimum atomic E-state index is 0.608. The standard InChI is InChI=1S/C9H10N2OS/c1-2-6-3-4-13-9(6)8-7(10)5-11-12-8/h3-5H,2,10H2,1H3. The van der Waals surface area contributed by atoms with Crippen molar-refractivity contribution in [3.05, 3.63) is 23.2 Å². The summed E-state index contributed by atoms with van der Waals surface area (Å²) in [4.78, 5) is 1.09. The lowest BCUT2D eigenvalue weighted by atomic mass is 10.2. The molecule has 0 fully saturated rings. The van der Waals surface area contributed by atoms with Gasteiger partial charge in [0, 0.05) is 0 Å². The van der Waals surface area contributed by atoms with Crippen LogP contribution in [-0.2, 0) is 6.42 Å². The van der Waals surface area contributed by atoms with Crippen molar-refractivity contribution in [2.45, 2.75) is 13.3 Å². The lowest BCUT2D eigenvalue weighted by molar-refractivity contribution is 0.433.